The number of nitrogens with one attached hydrogen (secondary N) is 2. The molecule has 0 fully saturated rings. The smallest absolute Gasteiger partial charge is 0.236 e. The predicted molar refractivity (Wildman–Crippen MR) is 75.3 cm³/mol. The van der Waals surface area contributed by atoms with Crippen LogP contribution >= 0.6 is 0 Å². The fraction of sp³-hybridized carbons (Fsp3) is 0.533. The molecule has 2 atom stereocenters. The monoisotopic (exact) mass is 266 g/mol. The van der Waals surface area contributed by atoms with Gasteiger partial charge in [-0.15, -0.1) is 0 Å². The van der Waals surface area contributed by atoms with E-state index in [0.717, 1.165) is 12.0 Å². The SMILES string of the molecule is CNC(=O)C(CC(C)C)NC(C)c1ccc(F)cc1. The Balaban J connectivity index is 2.72. The lowest BCUT2D eigenvalue weighted by atomic mass is 10.0. The van der Waals surface area contributed by atoms with Gasteiger partial charge in [-0.1, -0.05) is 26.0 Å². The minimum atomic E-state index is -0.249. The maximum Gasteiger partial charge on any atom is 0.236 e. The molecule has 1 aromatic carbocycles. The van der Waals surface area contributed by atoms with Gasteiger partial charge in [0.25, 0.3) is 0 Å². The molecule has 0 aliphatic carbocycles. The molecule has 106 valence electrons. The largest absolute Gasteiger partial charge is 0.358 e. The van der Waals surface area contributed by atoms with Crippen LogP contribution in [0.5, 0.6) is 0 Å². The molecule has 0 saturated carbocycles. The van der Waals surface area contributed by atoms with Crippen molar-refractivity contribution in [1.82, 2.24) is 10.6 Å². The highest BCUT2D eigenvalue weighted by molar-refractivity contribution is 5.81. The second kappa shape index (κ2) is 7.24. The molecule has 2 unspecified atom stereocenters. The molecule has 0 spiro atoms. The van der Waals surface area contributed by atoms with Crippen LogP contribution in [0.25, 0.3) is 0 Å². The summed E-state index contributed by atoms with van der Waals surface area (Å²) in [5.74, 6) is 0.166. The lowest BCUT2D eigenvalue weighted by molar-refractivity contribution is -0.123. The van der Waals surface area contributed by atoms with E-state index in [-0.39, 0.29) is 23.8 Å². The van der Waals surface area contributed by atoms with E-state index in [9.17, 15) is 9.18 Å². The van der Waals surface area contributed by atoms with E-state index in [0.29, 0.717) is 5.92 Å². The molecule has 3 nitrogen and oxygen atoms in total. The quantitative estimate of drug-likeness (QED) is 0.831. The van der Waals surface area contributed by atoms with Crippen LogP contribution < -0.4 is 10.6 Å². The van der Waals surface area contributed by atoms with E-state index >= 15 is 0 Å². The molecule has 0 heterocycles. The van der Waals surface area contributed by atoms with Gasteiger partial charge >= 0.3 is 0 Å². The Morgan fingerprint density at radius 2 is 1.79 bits per heavy atom. The Labute approximate surface area is 114 Å². The summed E-state index contributed by atoms with van der Waals surface area (Å²) in [7, 11) is 1.64. The number of halogens is 1. The molecular formula is C15H23FN2O. The highest BCUT2D eigenvalue weighted by Crippen LogP contribution is 2.15. The van der Waals surface area contributed by atoms with Crippen LogP contribution in [-0.2, 0) is 4.79 Å². The molecule has 1 amide bonds. The van der Waals surface area contributed by atoms with E-state index in [1.54, 1.807) is 19.2 Å². The number of likely N-dealkylation sites (N-methyl/N-ethyl adjacent to an activating group) is 1. The first-order valence-corrected chi connectivity index (χ1v) is 6.67. The first kappa shape index (κ1) is 15.6. The summed E-state index contributed by atoms with van der Waals surface area (Å²) >= 11 is 0. The summed E-state index contributed by atoms with van der Waals surface area (Å²) in [5.41, 5.74) is 0.971. The summed E-state index contributed by atoms with van der Waals surface area (Å²) in [5, 5.41) is 5.98. The normalized spacial score (nSPS) is 14.2. The molecular weight excluding hydrogens is 243 g/mol. The van der Waals surface area contributed by atoms with Gasteiger partial charge in [0.15, 0.2) is 0 Å². The van der Waals surface area contributed by atoms with Gasteiger partial charge in [0, 0.05) is 13.1 Å². The number of carbonyl (C=O) groups is 1. The lowest BCUT2D eigenvalue weighted by Gasteiger charge is -2.23. The first-order chi connectivity index (χ1) is 8.93. The van der Waals surface area contributed by atoms with Crippen LogP contribution in [0.2, 0.25) is 0 Å². The minimum absolute atomic E-state index is 0.00153. The highest BCUT2D eigenvalue weighted by atomic mass is 19.1. The zero-order valence-corrected chi connectivity index (χ0v) is 12.0. The third-order valence-corrected chi connectivity index (χ3v) is 3.09. The third kappa shape index (κ3) is 4.99. The van der Waals surface area contributed by atoms with Crippen molar-refractivity contribution < 1.29 is 9.18 Å². The average molecular weight is 266 g/mol. The second-order valence-electron chi connectivity index (χ2n) is 5.24. The van der Waals surface area contributed by atoms with Crippen LogP contribution in [0.1, 0.15) is 38.8 Å². The summed E-state index contributed by atoms with van der Waals surface area (Å²) in [6, 6.07) is 6.12. The summed E-state index contributed by atoms with van der Waals surface area (Å²) in [6.45, 7) is 6.14. The van der Waals surface area contributed by atoms with Crippen molar-refractivity contribution in [3.63, 3.8) is 0 Å². The maximum atomic E-state index is 12.9. The van der Waals surface area contributed by atoms with Gasteiger partial charge in [-0.3, -0.25) is 10.1 Å². The van der Waals surface area contributed by atoms with E-state index in [2.05, 4.69) is 24.5 Å². The number of rotatable bonds is 6. The summed E-state index contributed by atoms with van der Waals surface area (Å²) in [4.78, 5) is 11.8. The maximum absolute atomic E-state index is 12.9. The predicted octanol–water partition coefficient (Wildman–Crippen LogP) is 2.64. The number of hydrogen-bond acceptors (Lipinski definition) is 2. The number of benzene rings is 1. The molecule has 0 radical (unpaired) electrons. The summed E-state index contributed by atoms with van der Waals surface area (Å²) < 4.78 is 12.9. The van der Waals surface area contributed by atoms with Gasteiger partial charge in [0.1, 0.15) is 5.82 Å². The van der Waals surface area contributed by atoms with Crippen molar-refractivity contribution in [3.8, 4) is 0 Å². The number of amides is 1. The lowest BCUT2D eigenvalue weighted by Crippen LogP contribution is -2.44. The minimum Gasteiger partial charge on any atom is -0.358 e. The molecule has 19 heavy (non-hydrogen) atoms. The van der Waals surface area contributed by atoms with Crippen molar-refractivity contribution >= 4 is 5.91 Å². The summed E-state index contributed by atoms with van der Waals surface area (Å²) in [6.07, 6.45) is 0.769. The van der Waals surface area contributed by atoms with Crippen molar-refractivity contribution in [3.05, 3.63) is 35.6 Å². The Kier molecular flexibility index (Phi) is 5.96. The van der Waals surface area contributed by atoms with Crippen LogP contribution in [0.3, 0.4) is 0 Å². The Bertz CT molecular complexity index is 403. The number of carbonyl (C=O) groups excluding carboxylic acids is 1. The number of hydrogen-bond donors (Lipinski definition) is 2. The van der Waals surface area contributed by atoms with Gasteiger partial charge < -0.3 is 5.32 Å². The van der Waals surface area contributed by atoms with Crippen LogP contribution in [0.4, 0.5) is 4.39 Å². The van der Waals surface area contributed by atoms with Crippen LogP contribution in [0.15, 0.2) is 24.3 Å². The Morgan fingerprint density at radius 1 is 1.21 bits per heavy atom. The molecule has 4 heteroatoms. The first-order valence-electron chi connectivity index (χ1n) is 6.67. The molecule has 0 saturated heterocycles. The fourth-order valence-electron chi connectivity index (χ4n) is 2.05. The standard InChI is InChI=1S/C15H23FN2O/c1-10(2)9-14(15(19)17-4)18-11(3)12-5-7-13(16)8-6-12/h5-8,10-11,14,18H,9H2,1-4H3,(H,17,19). The van der Waals surface area contributed by atoms with Crippen molar-refractivity contribution in [2.75, 3.05) is 7.05 Å². The zero-order chi connectivity index (χ0) is 14.4. The van der Waals surface area contributed by atoms with Gasteiger partial charge in [-0.05, 0) is 37.0 Å². The molecule has 0 aromatic heterocycles. The molecule has 0 bridgehead atoms. The van der Waals surface area contributed by atoms with E-state index in [1.165, 1.54) is 12.1 Å². The van der Waals surface area contributed by atoms with Crippen molar-refractivity contribution in [1.29, 1.82) is 0 Å². The van der Waals surface area contributed by atoms with E-state index in [4.69, 9.17) is 0 Å². The average Bonchev–Trinajstić information content (AvgIpc) is 2.37. The molecule has 1 aromatic rings. The molecule has 0 aliphatic heterocycles. The van der Waals surface area contributed by atoms with Gasteiger partial charge in [0.2, 0.25) is 5.91 Å². The molecule has 1 rings (SSSR count). The van der Waals surface area contributed by atoms with Crippen molar-refractivity contribution in [2.45, 2.75) is 39.3 Å². The van der Waals surface area contributed by atoms with Gasteiger partial charge in [-0.2, -0.15) is 0 Å². The fourth-order valence-corrected chi connectivity index (χ4v) is 2.05. The van der Waals surface area contributed by atoms with Crippen molar-refractivity contribution in [2.24, 2.45) is 5.92 Å². The van der Waals surface area contributed by atoms with Crippen LogP contribution in [0, 0.1) is 11.7 Å². The van der Waals surface area contributed by atoms with E-state index in [1.807, 2.05) is 6.92 Å². The third-order valence-electron chi connectivity index (χ3n) is 3.09. The van der Waals surface area contributed by atoms with E-state index < -0.39 is 0 Å². The van der Waals surface area contributed by atoms with Gasteiger partial charge in [0.05, 0.1) is 6.04 Å². The Morgan fingerprint density at radius 3 is 2.26 bits per heavy atom. The highest BCUT2D eigenvalue weighted by Gasteiger charge is 2.20. The molecule has 0 aliphatic rings. The van der Waals surface area contributed by atoms with Crippen LogP contribution in [-0.4, -0.2) is 19.0 Å². The zero-order valence-electron chi connectivity index (χ0n) is 12.0. The Hall–Kier alpha value is -1.42. The second-order valence-corrected chi connectivity index (χ2v) is 5.24. The topological polar surface area (TPSA) is 41.1 Å². The van der Waals surface area contributed by atoms with Gasteiger partial charge in [-0.25, -0.2) is 4.39 Å². The molecule has 2 N–H and O–H groups in total.